The van der Waals surface area contributed by atoms with Gasteiger partial charge in [0.05, 0.1) is 18.3 Å². The minimum atomic E-state index is -0.724. The molecule has 0 amide bonds. The van der Waals surface area contributed by atoms with E-state index in [0.29, 0.717) is 13.1 Å². The van der Waals surface area contributed by atoms with Crippen LogP contribution < -0.4 is 5.73 Å². The van der Waals surface area contributed by atoms with E-state index in [1.807, 2.05) is 6.20 Å². The zero-order valence-electron chi connectivity index (χ0n) is 7.90. The molecule has 0 saturated heterocycles. The average Bonchev–Trinajstić information content (AvgIpc) is 2.32. The standard InChI is InChI=1S/C8H15N3O.ClH/c1-8(2,12)6-11-5-7(3-9)4-10-11;/h4-5,12H,3,6,9H2,1-2H3;1H. The summed E-state index contributed by atoms with van der Waals surface area (Å²) in [4.78, 5) is 0. The largest absolute Gasteiger partial charge is 0.389 e. The van der Waals surface area contributed by atoms with E-state index in [0.717, 1.165) is 5.56 Å². The van der Waals surface area contributed by atoms with Gasteiger partial charge in [-0.1, -0.05) is 0 Å². The molecule has 3 N–H and O–H groups in total. The molecule has 0 unspecified atom stereocenters. The Hall–Kier alpha value is -0.580. The molecule has 1 heterocycles. The molecule has 0 spiro atoms. The Labute approximate surface area is 84.2 Å². The van der Waals surface area contributed by atoms with Crippen LogP contribution in [-0.4, -0.2) is 20.5 Å². The number of aromatic nitrogens is 2. The van der Waals surface area contributed by atoms with E-state index in [-0.39, 0.29) is 12.4 Å². The molecule has 1 aromatic rings. The lowest BCUT2D eigenvalue weighted by Crippen LogP contribution is -2.26. The topological polar surface area (TPSA) is 64.1 Å². The molecule has 0 bridgehead atoms. The first-order valence-electron chi connectivity index (χ1n) is 3.95. The fourth-order valence-corrected chi connectivity index (χ4v) is 0.995. The lowest BCUT2D eigenvalue weighted by molar-refractivity contribution is 0.0577. The molecule has 0 atom stereocenters. The Morgan fingerprint density at radius 2 is 2.23 bits per heavy atom. The van der Waals surface area contributed by atoms with E-state index in [1.165, 1.54) is 0 Å². The second-order valence-electron chi connectivity index (χ2n) is 3.56. The third-order valence-electron chi connectivity index (χ3n) is 1.47. The second kappa shape index (κ2) is 4.60. The molecule has 0 aliphatic rings. The number of rotatable bonds is 3. The molecule has 1 rings (SSSR count). The molecule has 0 radical (unpaired) electrons. The molecule has 76 valence electrons. The molecule has 0 fully saturated rings. The molecular formula is C8H16ClN3O. The Balaban J connectivity index is 0.00000144. The van der Waals surface area contributed by atoms with Crippen molar-refractivity contribution in [3.8, 4) is 0 Å². The van der Waals surface area contributed by atoms with E-state index >= 15 is 0 Å². The lowest BCUT2D eigenvalue weighted by Gasteiger charge is -2.16. The summed E-state index contributed by atoms with van der Waals surface area (Å²) in [5.41, 5.74) is 5.67. The Morgan fingerprint density at radius 1 is 1.62 bits per heavy atom. The van der Waals surface area contributed by atoms with Crippen LogP contribution in [-0.2, 0) is 13.1 Å². The van der Waals surface area contributed by atoms with Gasteiger partial charge in [0.15, 0.2) is 0 Å². The van der Waals surface area contributed by atoms with Gasteiger partial charge in [0.25, 0.3) is 0 Å². The first-order valence-corrected chi connectivity index (χ1v) is 3.95. The van der Waals surface area contributed by atoms with Crippen LogP contribution >= 0.6 is 12.4 Å². The van der Waals surface area contributed by atoms with E-state index in [4.69, 9.17) is 5.73 Å². The SMILES string of the molecule is CC(C)(O)Cn1cc(CN)cn1.Cl. The predicted molar refractivity (Wildman–Crippen MR) is 53.7 cm³/mol. The quantitative estimate of drug-likeness (QED) is 0.757. The molecule has 1 aromatic heterocycles. The maximum atomic E-state index is 9.46. The zero-order valence-corrected chi connectivity index (χ0v) is 8.71. The van der Waals surface area contributed by atoms with Gasteiger partial charge in [0.1, 0.15) is 0 Å². The molecule has 13 heavy (non-hydrogen) atoms. The molecule has 0 aliphatic carbocycles. The molecule has 0 saturated carbocycles. The summed E-state index contributed by atoms with van der Waals surface area (Å²) in [5, 5.41) is 13.5. The van der Waals surface area contributed by atoms with Gasteiger partial charge in [0.2, 0.25) is 0 Å². The number of nitrogens with two attached hydrogens (primary N) is 1. The summed E-state index contributed by atoms with van der Waals surface area (Å²) in [6.07, 6.45) is 3.56. The molecular weight excluding hydrogens is 190 g/mol. The zero-order chi connectivity index (χ0) is 9.19. The minimum Gasteiger partial charge on any atom is -0.389 e. The van der Waals surface area contributed by atoms with Gasteiger partial charge in [-0.05, 0) is 13.8 Å². The van der Waals surface area contributed by atoms with Crippen LogP contribution in [0.5, 0.6) is 0 Å². The highest BCUT2D eigenvalue weighted by atomic mass is 35.5. The van der Waals surface area contributed by atoms with E-state index in [2.05, 4.69) is 5.10 Å². The minimum absolute atomic E-state index is 0. The average molecular weight is 206 g/mol. The summed E-state index contributed by atoms with van der Waals surface area (Å²) in [6.45, 7) is 4.48. The monoisotopic (exact) mass is 205 g/mol. The second-order valence-corrected chi connectivity index (χ2v) is 3.56. The van der Waals surface area contributed by atoms with Crippen molar-refractivity contribution >= 4 is 12.4 Å². The number of halogens is 1. The van der Waals surface area contributed by atoms with Gasteiger partial charge in [0, 0.05) is 18.3 Å². The van der Waals surface area contributed by atoms with Gasteiger partial charge >= 0.3 is 0 Å². The van der Waals surface area contributed by atoms with Crippen LogP contribution in [0.2, 0.25) is 0 Å². The van der Waals surface area contributed by atoms with Crippen molar-refractivity contribution in [2.75, 3.05) is 0 Å². The highest BCUT2D eigenvalue weighted by Crippen LogP contribution is 2.05. The fraction of sp³-hybridized carbons (Fsp3) is 0.625. The number of aliphatic hydroxyl groups is 1. The number of nitrogens with zero attached hydrogens (tertiary/aromatic N) is 2. The van der Waals surface area contributed by atoms with Crippen molar-refractivity contribution < 1.29 is 5.11 Å². The van der Waals surface area contributed by atoms with E-state index < -0.39 is 5.60 Å². The Bertz CT molecular complexity index is 254. The van der Waals surface area contributed by atoms with Crippen molar-refractivity contribution in [3.05, 3.63) is 18.0 Å². The van der Waals surface area contributed by atoms with Crippen molar-refractivity contribution in [2.45, 2.75) is 32.5 Å². The smallest absolute Gasteiger partial charge is 0.0786 e. The summed E-state index contributed by atoms with van der Waals surface area (Å²) in [5.74, 6) is 0. The van der Waals surface area contributed by atoms with Crippen molar-refractivity contribution in [1.82, 2.24) is 9.78 Å². The lowest BCUT2D eigenvalue weighted by atomic mass is 10.1. The van der Waals surface area contributed by atoms with Gasteiger partial charge in [-0.3, -0.25) is 4.68 Å². The third kappa shape index (κ3) is 4.26. The van der Waals surface area contributed by atoms with Crippen molar-refractivity contribution in [2.24, 2.45) is 5.73 Å². The number of hydrogen-bond acceptors (Lipinski definition) is 3. The Morgan fingerprint density at radius 3 is 2.62 bits per heavy atom. The molecule has 5 heteroatoms. The van der Waals surface area contributed by atoms with Crippen molar-refractivity contribution in [1.29, 1.82) is 0 Å². The van der Waals surface area contributed by atoms with Crippen LogP contribution in [0, 0.1) is 0 Å². The van der Waals surface area contributed by atoms with Crippen LogP contribution in [0.15, 0.2) is 12.4 Å². The third-order valence-corrected chi connectivity index (χ3v) is 1.47. The van der Waals surface area contributed by atoms with Crippen LogP contribution in [0.1, 0.15) is 19.4 Å². The first-order chi connectivity index (χ1) is 5.51. The van der Waals surface area contributed by atoms with Crippen LogP contribution in [0.3, 0.4) is 0 Å². The summed E-state index contributed by atoms with van der Waals surface area (Å²) in [7, 11) is 0. The molecule has 0 aliphatic heterocycles. The summed E-state index contributed by atoms with van der Waals surface area (Å²) < 4.78 is 1.70. The molecule has 4 nitrogen and oxygen atoms in total. The maximum absolute atomic E-state index is 9.46. The van der Waals surface area contributed by atoms with Crippen molar-refractivity contribution in [3.63, 3.8) is 0 Å². The predicted octanol–water partition coefficient (Wildman–Crippen LogP) is 0.534. The first kappa shape index (κ1) is 12.4. The number of hydrogen-bond donors (Lipinski definition) is 2. The highest BCUT2D eigenvalue weighted by Gasteiger charge is 2.13. The maximum Gasteiger partial charge on any atom is 0.0786 e. The Kier molecular flexibility index (Phi) is 4.39. The van der Waals surface area contributed by atoms with Gasteiger partial charge in [-0.25, -0.2) is 0 Å². The van der Waals surface area contributed by atoms with E-state index in [9.17, 15) is 5.11 Å². The van der Waals surface area contributed by atoms with Crippen LogP contribution in [0.4, 0.5) is 0 Å². The molecule has 0 aromatic carbocycles. The van der Waals surface area contributed by atoms with Gasteiger partial charge < -0.3 is 10.8 Å². The van der Waals surface area contributed by atoms with Gasteiger partial charge in [-0.2, -0.15) is 5.10 Å². The normalized spacial score (nSPS) is 11.1. The summed E-state index contributed by atoms with van der Waals surface area (Å²) in [6, 6.07) is 0. The van der Waals surface area contributed by atoms with Crippen LogP contribution in [0.25, 0.3) is 0 Å². The highest BCUT2D eigenvalue weighted by molar-refractivity contribution is 5.85. The van der Waals surface area contributed by atoms with E-state index in [1.54, 1.807) is 24.7 Å². The summed E-state index contributed by atoms with van der Waals surface area (Å²) >= 11 is 0. The van der Waals surface area contributed by atoms with Gasteiger partial charge in [-0.15, -0.1) is 12.4 Å². The fourth-order valence-electron chi connectivity index (χ4n) is 0.995.